The zero-order valence-electron chi connectivity index (χ0n) is 34.9. The predicted octanol–water partition coefficient (Wildman–Crippen LogP) is 10.5. The molecular weight excluding hydrogens is 686 g/mol. The summed E-state index contributed by atoms with van der Waals surface area (Å²) >= 11 is 0. The summed E-state index contributed by atoms with van der Waals surface area (Å²) in [4.78, 5) is 13.4. The van der Waals surface area contributed by atoms with Gasteiger partial charge in [-0.3, -0.25) is 4.79 Å². The lowest BCUT2D eigenvalue weighted by Gasteiger charge is -2.72. The minimum absolute atomic E-state index is 0.000859. The van der Waals surface area contributed by atoms with Crippen molar-refractivity contribution < 1.29 is 23.8 Å². The van der Waals surface area contributed by atoms with Gasteiger partial charge in [-0.05, 0) is 165 Å². The Labute approximate surface area is 331 Å². The Balaban J connectivity index is 1.01. The molecule has 6 aliphatic carbocycles. The van der Waals surface area contributed by atoms with E-state index in [2.05, 4.69) is 65.6 Å². The van der Waals surface area contributed by atoms with Gasteiger partial charge in [0.05, 0.1) is 18.6 Å². The number of allylic oxidation sites excluding steroid dienone is 5. The Morgan fingerprint density at radius 3 is 2.35 bits per heavy atom. The lowest BCUT2D eigenvalue weighted by Crippen LogP contribution is -2.68. The number of carbonyl (C=O) groups excluding carboxylic acids is 1. The van der Waals surface area contributed by atoms with Crippen molar-refractivity contribution >= 4 is 5.97 Å². The van der Waals surface area contributed by atoms with Crippen LogP contribution in [0.5, 0.6) is 0 Å². The van der Waals surface area contributed by atoms with Crippen molar-refractivity contribution in [2.45, 2.75) is 143 Å². The van der Waals surface area contributed by atoms with E-state index in [4.69, 9.17) is 9.47 Å². The van der Waals surface area contributed by atoms with Crippen LogP contribution in [-0.4, -0.2) is 48.6 Å². The fourth-order valence-corrected chi connectivity index (χ4v) is 15.0. The van der Waals surface area contributed by atoms with E-state index < -0.39 is 23.7 Å². The highest BCUT2D eigenvalue weighted by molar-refractivity contribution is 5.78. The number of aliphatic hydroxyl groups is 1. The number of benzene rings is 1. The van der Waals surface area contributed by atoms with E-state index in [0.717, 1.165) is 31.4 Å². The van der Waals surface area contributed by atoms with Gasteiger partial charge in [0.25, 0.3) is 0 Å². The second kappa shape index (κ2) is 13.9. The van der Waals surface area contributed by atoms with Crippen molar-refractivity contribution in [2.75, 3.05) is 26.4 Å². The molecule has 7 aliphatic rings. The molecule has 5 fully saturated rings. The van der Waals surface area contributed by atoms with Crippen molar-refractivity contribution in [3.05, 3.63) is 71.3 Å². The van der Waals surface area contributed by atoms with Gasteiger partial charge >= 0.3 is 5.97 Å². The Bertz CT molecular complexity index is 1710. The predicted molar refractivity (Wildman–Crippen MR) is 218 cm³/mol. The summed E-state index contributed by atoms with van der Waals surface area (Å²) in [5, 5.41) is 15.0. The number of alkyl halides is 1. The van der Waals surface area contributed by atoms with Crippen LogP contribution < -0.4 is 5.32 Å². The second-order valence-electron chi connectivity index (χ2n) is 21.2. The smallest absolute Gasteiger partial charge is 0.315 e. The molecule has 2 N–H and O–H groups in total. The lowest BCUT2D eigenvalue weighted by molar-refractivity contribution is -0.221. The molecule has 0 bridgehead atoms. The summed E-state index contributed by atoms with van der Waals surface area (Å²) in [7, 11) is 0. The molecule has 0 radical (unpaired) electrons. The largest absolute Gasteiger partial charge is 0.460 e. The fourth-order valence-electron chi connectivity index (χ4n) is 15.0. The Hall–Kier alpha value is -2.28. The minimum atomic E-state index is -1.09. The van der Waals surface area contributed by atoms with Crippen molar-refractivity contribution in [2.24, 2.45) is 56.7 Å². The average Bonchev–Trinajstić information content (AvgIpc) is 3.54. The summed E-state index contributed by atoms with van der Waals surface area (Å²) in [5.74, 6) is 2.65. The van der Waals surface area contributed by atoms with Gasteiger partial charge < -0.3 is 19.9 Å². The summed E-state index contributed by atoms with van der Waals surface area (Å²) in [6, 6.07) is 9.68. The molecule has 8 rings (SSSR count). The number of nitrogens with one attached hydrogen (secondary N) is 1. The monoisotopic (exact) mass is 756 g/mol. The molecular formula is C49H70FNO4. The van der Waals surface area contributed by atoms with Crippen LogP contribution in [0.2, 0.25) is 0 Å². The van der Waals surface area contributed by atoms with E-state index in [0.29, 0.717) is 55.6 Å². The number of ether oxygens (including phenoxy) is 2. The molecule has 1 saturated heterocycles. The van der Waals surface area contributed by atoms with Gasteiger partial charge in [-0.15, -0.1) is 0 Å². The zero-order valence-corrected chi connectivity index (χ0v) is 34.9. The van der Waals surface area contributed by atoms with E-state index in [1.54, 1.807) is 0 Å². The molecule has 0 amide bonds. The van der Waals surface area contributed by atoms with Crippen LogP contribution in [0.3, 0.4) is 0 Å². The molecule has 1 aromatic rings. The number of esters is 1. The average molecular weight is 756 g/mol. The highest BCUT2D eigenvalue weighted by Gasteiger charge is 2.70. The van der Waals surface area contributed by atoms with Crippen molar-refractivity contribution in [3.63, 3.8) is 0 Å². The Kier molecular flexibility index (Phi) is 10.0. The topological polar surface area (TPSA) is 67.8 Å². The molecule has 4 saturated carbocycles. The number of fused-ring (bicyclic) bond motifs is 7. The van der Waals surface area contributed by atoms with Gasteiger partial charge in [0.15, 0.2) is 0 Å². The Morgan fingerprint density at radius 2 is 1.69 bits per heavy atom. The first-order valence-electron chi connectivity index (χ1n) is 21.9. The maximum atomic E-state index is 14.7. The van der Waals surface area contributed by atoms with Crippen LogP contribution in [0.15, 0.2) is 65.8 Å². The maximum Gasteiger partial charge on any atom is 0.315 e. The van der Waals surface area contributed by atoms with Crippen molar-refractivity contribution in [3.8, 4) is 0 Å². The third-order valence-corrected chi connectivity index (χ3v) is 18.3. The molecule has 6 heteroatoms. The molecule has 55 heavy (non-hydrogen) atoms. The number of hydrogen-bond acceptors (Lipinski definition) is 5. The molecule has 1 aromatic carbocycles. The normalized spacial score (nSPS) is 42.7. The van der Waals surface area contributed by atoms with Crippen LogP contribution in [-0.2, 0) is 20.9 Å². The van der Waals surface area contributed by atoms with E-state index in [-0.39, 0.29) is 33.8 Å². The molecule has 0 aromatic heterocycles. The summed E-state index contributed by atoms with van der Waals surface area (Å²) in [6.45, 7) is 21.2. The summed E-state index contributed by atoms with van der Waals surface area (Å²) in [6.07, 6.45) is 18.3. The Morgan fingerprint density at radius 1 is 0.927 bits per heavy atom. The molecule has 1 heterocycles. The van der Waals surface area contributed by atoms with E-state index in [1.807, 2.05) is 30.3 Å². The maximum absolute atomic E-state index is 14.7. The van der Waals surface area contributed by atoms with Gasteiger partial charge in [0, 0.05) is 5.54 Å². The number of rotatable bonds is 10. The van der Waals surface area contributed by atoms with Crippen LogP contribution in [0.1, 0.15) is 131 Å². The molecule has 0 spiro atoms. The van der Waals surface area contributed by atoms with Gasteiger partial charge in [0.1, 0.15) is 18.9 Å². The third kappa shape index (κ3) is 6.10. The van der Waals surface area contributed by atoms with Crippen LogP contribution in [0, 0.1) is 56.7 Å². The van der Waals surface area contributed by atoms with E-state index in [1.165, 1.54) is 68.1 Å². The summed E-state index contributed by atoms with van der Waals surface area (Å²) in [5.41, 5.74) is 4.20. The fraction of sp³-hybridized carbons (Fsp3) is 0.735. The SMILES string of the molecule is C=C(C)[C@@H]1CC[C@]2(NCCC3(O)COC3)CC[C@]3(C)[C@H](CC[C@@H]4[C@@]5(C)CC=C(C6=CC[C@](CF)(C(=O)OCc7ccccc7)CC6)C(C)(C)[C@@H]5CC[C@]43C)[C@@H]12. The zero-order chi connectivity index (χ0) is 39.1. The summed E-state index contributed by atoms with van der Waals surface area (Å²) < 4.78 is 25.8. The standard InChI is InChI=1S/C49H70FNO4/c1-33(2)36-17-24-49(51-28-27-48(53)31-54-32-48)26-25-45(6)38(41(36)49)13-14-40-44(5)20-18-37(43(3,4)39(44)19-21-46(40,45)7)35-15-22-47(30-50,23-16-35)42(52)55-29-34-11-9-8-10-12-34/h8-12,15,18,36,38-41,51,53H,1,13-14,16-17,19-32H2,2-7H3/t36-,38+,39-,40+,41+,44-,45+,46+,47-,49-/m0/s1. The molecule has 5 nitrogen and oxygen atoms in total. The highest BCUT2D eigenvalue weighted by atomic mass is 19.1. The molecule has 0 unspecified atom stereocenters. The van der Waals surface area contributed by atoms with Crippen LogP contribution in [0.4, 0.5) is 4.39 Å². The highest BCUT2D eigenvalue weighted by Crippen LogP contribution is 2.76. The van der Waals surface area contributed by atoms with Gasteiger partial charge in [-0.25, -0.2) is 4.39 Å². The lowest BCUT2D eigenvalue weighted by atomic mass is 9.33. The second-order valence-corrected chi connectivity index (χ2v) is 21.2. The number of hydrogen-bond donors (Lipinski definition) is 2. The van der Waals surface area contributed by atoms with Gasteiger partial charge in [-0.1, -0.05) is 89.3 Å². The first-order valence-corrected chi connectivity index (χ1v) is 21.9. The van der Waals surface area contributed by atoms with Gasteiger partial charge in [-0.2, -0.15) is 0 Å². The first kappa shape index (κ1) is 39.5. The van der Waals surface area contributed by atoms with Crippen LogP contribution >= 0.6 is 0 Å². The number of halogens is 1. The molecule has 10 atom stereocenters. The molecule has 1 aliphatic heterocycles. The van der Waals surface area contributed by atoms with E-state index >= 15 is 0 Å². The van der Waals surface area contributed by atoms with Crippen molar-refractivity contribution in [1.82, 2.24) is 5.32 Å². The minimum Gasteiger partial charge on any atom is -0.460 e. The first-order chi connectivity index (χ1) is 26.1. The van der Waals surface area contributed by atoms with Gasteiger partial charge in [0.2, 0.25) is 0 Å². The van der Waals surface area contributed by atoms with Crippen molar-refractivity contribution in [1.29, 1.82) is 0 Å². The van der Waals surface area contributed by atoms with E-state index in [9.17, 15) is 14.3 Å². The quantitative estimate of drug-likeness (QED) is 0.184. The molecule has 302 valence electrons. The third-order valence-electron chi connectivity index (χ3n) is 18.3. The van der Waals surface area contributed by atoms with Crippen LogP contribution in [0.25, 0.3) is 0 Å². The number of carbonyl (C=O) groups is 1.